The highest BCUT2D eigenvalue weighted by atomic mass is 16.6. The number of hydrogen-bond donors (Lipinski definition) is 1. The molecule has 3 unspecified atom stereocenters. The van der Waals surface area contributed by atoms with Crippen LogP contribution in [0.2, 0.25) is 0 Å². The molecule has 8 heteroatoms. The van der Waals surface area contributed by atoms with Crippen molar-refractivity contribution in [3.8, 4) is 11.5 Å². The number of piperidine rings is 1. The Morgan fingerprint density at radius 1 is 0.833 bits per heavy atom. The predicted octanol–water partition coefficient (Wildman–Crippen LogP) is 7.58. The van der Waals surface area contributed by atoms with Gasteiger partial charge in [0.1, 0.15) is 23.7 Å². The number of esters is 1. The second kappa shape index (κ2) is 16.9. The maximum atomic E-state index is 12.5. The summed E-state index contributed by atoms with van der Waals surface area (Å²) in [5.74, 6) is 2.99. The van der Waals surface area contributed by atoms with Crippen molar-refractivity contribution in [1.82, 2.24) is 10.2 Å². The van der Waals surface area contributed by atoms with Gasteiger partial charge in [-0.1, -0.05) is 75.4 Å². The lowest BCUT2D eigenvalue weighted by molar-refractivity contribution is -0.151. The smallest absolute Gasteiger partial charge is 0.407 e. The molecule has 3 aromatic rings. The van der Waals surface area contributed by atoms with Gasteiger partial charge >= 0.3 is 12.1 Å². The molecule has 8 nitrogen and oxygen atoms in total. The van der Waals surface area contributed by atoms with Crippen molar-refractivity contribution < 1.29 is 28.5 Å². The van der Waals surface area contributed by atoms with Gasteiger partial charge in [-0.3, -0.25) is 4.90 Å². The average Bonchev–Trinajstić information content (AvgIpc) is 3.64. The van der Waals surface area contributed by atoms with Gasteiger partial charge in [0.05, 0.1) is 13.2 Å². The third-order valence-corrected chi connectivity index (χ3v) is 8.24. The van der Waals surface area contributed by atoms with Crippen molar-refractivity contribution in [3.05, 3.63) is 95.6 Å². The van der Waals surface area contributed by atoms with E-state index < -0.39 is 23.8 Å². The minimum Gasteiger partial charge on any atom is -0.492 e. The van der Waals surface area contributed by atoms with Crippen LogP contribution in [-0.4, -0.2) is 61.5 Å². The number of alkyl carbamates (subject to hydrolysis) is 1. The Morgan fingerprint density at radius 3 is 2.04 bits per heavy atom. The maximum absolute atomic E-state index is 12.5. The van der Waals surface area contributed by atoms with Crippen molar-refractivity contribution in [2.75, 3.05) is 32.8 Å². The molecule has 3 aromatic carbocycles. The quantitative estimate of drug-likeness (QED) is 0.159. The van der Waals surface area contributed by atoms with Gasteiger partial charge in [-0.2, -0.15) is 0 Å². The Kier molecular flexibility index (Phi) is 12.9. The van der Waals surface area contributed by atoms with Gasteiger partial charge in [0.25, 0.3) is 0 Å². The summed E-state index contributed by atoms with van der Waals surface area (Å²) in [5.41, 5.74) is 3.06. The van der Waals surface area contributed by atoms with Gasteiger partial charge in [-0.25, -0.2) is 9.59 Å². The zero-order valence-corrected chi connectivity index (χ0v) is 29.8. The number of ether oxygens (including phenoxy) is 4. The molecule has 0 aromatic heterocycles. The van der Waals surface area contributed by atoms with Gasteiger partial charge in [0.15, 0.2) is 6.10 Å². The Bertz CT molecular complexity index is 1420. The lowest BCUT2D eigenvalue weighted by Gasteiger charge is -2.21. The summed E-state index contributed by atoms with van der Waals surface area (Å²) in [7, 11) is 0. The molecule has 3 atom stereocenters. The molecule has 1 N–H and O–H groups in total. The summed E-state index contributed by atoms with van der Waals surface area (Å²) in [4.78, 5) is 26.8. The third-order valence-electron chi connectivity index (χ3n) is 8.24. The number of hydrogen-bond acceptors (Lipinski definition) is 7. The molecular formula is C40H54N2O6. The number of amides is 1. The third kappa shape index (κ3) is 12.5. The number of benzene rings is 3. The Labute approximate surface area is 287 Å². The van der Waals surface area contributed by atoms with Crippen molar-refractivity contribution in [1.29, 1.82) is 0 Å². The zero-order valence-electron chi connectivity index (χ0n) is 29.8. The van der Waals surface area contributed by atoms with E-state index in [1.807, 2.05) is 69.3 Å². The summed E-state index contributed by atoms with van der Waals surface area (Å²) in [6, 6.07) is 26.0. The molecule has 260 valence electrons. The van der Waals surface area contributed by atoms with Crippen LogP contribution in [0.4, 0.5) is 4.79 Å². The predicted molar refractivity (Wildman–Crippen MR) is 189 cm³/mol. The van der Waals surface area contributed by atoms with E-state index in [1.54, 1.807) is 6.92 Å². The number of carbonyl (C=O) groups is 2. The van der Waals surface area contributed by atoms with E-state index in [0.717, 1.165) is 23.9 Å². The first-order chi connectivity index (χ1) is 22.8. The number of nitrogens with zero attached hydrogens (tertiary/aromatic N) is 1. The molecule has 1 saturated heterocycles. The standard InChI is InChI=1S/C28H39NO6.C12H15N/c1-8-32-25(30)24(34-23-15-11-21(12-16-23)27(2,3)4)19-20-9-13-22(14-10-20)33-18-17-29-26(31)35-28(5,6)7;1-2-4-10(5-3-1)7-13-8-11-6-12(11)9-13/h9-16,24H,8,17-19H2,1-7H3,(H,29,31);1-5,11-12H,6-9H2. The molecule has 48 heavy (non-hydrogen) atoms. The SMILES string of the molecule is CCOC(=O)C(Cc1ccc(OCCNC(=O)OC(C)(C)C)cc1)Oc1ccc(C(C)(C)C)cc1.c1ccc(CN2CC3CC3C2)cc1. The Hall–Kier alpha value is -4.04. The minimum atomic E-state index is -0.764. The van der Waals surface area contributed by atoms with E-state index in [1.165, 1.54) is 30.6 Å². The highest BCUT2D eigenvalue weighted by Gasteiger charge is 2.44. The van der Waals surface area contributed by atoms with Crippen LogP contribution in [0.15, 0.2) is 78.9 Å². The van der Waals surface area contributed by atoms with Gasteiger partial charge < -0.3 is 24.3 Å². The number of carbonyl (C=O) groups excluding carboxylic acids is 2. The highest BCUT2D eigenvalue weighted by Crippen LogP contribution is 2.45. The molecule has 1 saturated carbocycles. The minimum absolute atomic E-state index is 0.0364. The van der Waals surface area contributed by atoms with Crippen molar-refractivity contribution in [3.63, 3.8) is 0 Å². The monoisotopic (exact) mass is 658 g/mol. The lowest BCUT2D eigenvalue weighted by atomic mass is 9.87. The van der Waals surface area contributed by atoms with Crippen molar-refractivity contribution in [2.24, 2.45) is 11.8 Å². The molecular weight excluding hydrogens is 604 g/mol. The molecule has 5 rings (SSSR count). The van der Waals surface area contributed by atoms with E-state index >= 15 is 0 Å². The molecule has 1 aliphatic heterocycles. The normalized spacial score (nSPS) is 17.6. The molecule has 0 radical (unpaired) electrons. The molecule has 2 aliphatic rings. The van der Waals surface area contributed by atoms with Crippen molar-refractivity contribution >= 4 is 12.1 Å². The summed E-state index contributed by atoms with van der Waals surface area (Å²) in [5, 5.41) is 2.65. The fourth-order valence-electron chi connectivity index (χ4n) is 5.64. The lowest BCUT2D eigenvalue weighted by Crippen LogP contribution is -2.34. The fourth-order valence-corrected chi connectivity index (χ4v) is 5.64. The summed E-state index contributed by atoms with van der Waals surface area (Å²) in [6.07, 6.45) is 0.626. The average molecular weight is 659 g/mol. The topological polar surface area (TPSA) is 86.3 Å². The van der Waals surface area contributed by atoms with Gasteiger partial charge in [0, 0.05) is 26.1 Å². The Morgan fingerprint density at radius 2 is 1.46 bits per heavy atom. The first-order valence-electron chi connectivity index (χ1n) is 17.2. The second-order valence-corrected chi connectivity index (χ2v) is 14.7. The number of likely N-dealkylation sites (tertiary alicyclic amines) is 1. The van der Waals surface area contributed by atoms with Crippen LogP contribution in [-0.2, 0) is 32.6 Å². The molecule has 2 fully saturated rings. The molecule has 1 heterocycles. The first kappa shape index (κ1) is 36.8. The van der Waals surface area contributed by atoms with Gasteiger partial charge in [0.2, 0.25) is 0 Å². The fraction of sp³-hybridized carbons (Fsp3) is 0.500. The van der Waals surface area contributed by atoms with Gasteiger partial charge in [-0.05, 0) is 92.3 Å². The molecule has 0 spiro atoms. The van der Waals surface area contributed by atoms with E-state index in [0.29, 0.717) is 31.1 Å². The zero-order chi connectivity index (χ0) is 34.7. The van der Waals surface area contributed by atoms with E-state index in [-0.39, 0.29) is 12.0 Å². The number of fused-ring (bicyclic) bond motifs is 1. The van der Waals surface area contributed by atoms with Gasteiger partial charge in [-0.15, -0.1) is 0 Å². The first-order valence-corrected chi connectivity index (χ1v) is 17.2. The van der Waals surface area contributed by atoms with Crippen LogP contribution in [0.1, 0.15) is 71.6 Å². The van der Waals surface area contributed by atoms with Crippen LogP contribution in [0, 0.1) is 11.8 Å². The van der Waals surface area contributed by atoms with E-state index in [2.05, 4.69) is 61.3 Å². The maximum Gasteiger partial charge on any atom is 0.407 e. The van der Waals surface area contributed by atoms with E-state index in [4.69, 9.17) is 18.9 Å². The highest BCUT2D eigenvalue weighted by molar-refractivity contribution is 5.75. The van der Waals surface area contributed by atoms with Crippen LogP contribution < -0.4 is 14.8 Å². The summed E-state index contributed by atoms with van der Waals surface area (Å²) < 4.78 is 22.1. The summed E-state index contributed by atoms with van der Waals surface area (Å²) in [6.45, 7) is 18.4. The molecule has 1 aliphatic carbocycles. The Balaban J connectivity index is 0.000000326. The van der Waals surface area contributed by atoms with Crippen molar-refractivity contribution in [2.45, 2.75) is 85.0 Å². The second-order valence-electron chi connectivity index (χ2n) is 14.7. The summed E-state index contributed by atoms with van der Waals surface area (Å²) >= 11 is 0. The number of nitrogens with one attached hydrogen (secondary N) is 1. The van der Waals surface area contributed by atoms with Crippen LogP contribution in [0.5, 0.6) is 11.5 Å². The van der Waals surface area contributed by atoms with E-state index in [9.17, 15) is 9.59 Å². The van der Waals surface area contributed by atoms with Crippen LogP contribution in [0.3, 0.4) is 0 Å². The largest absolute Gasteiger partial charge is 0.492 e. The number of rotatable bonds is 12. The molecule has 0 bridgehead atoms. The molecule has 1 amide bonds. The van der Waals surface area contributed by atoms with Crippen LogP contribution in [0.25, 0.3) is 0 Å². The van der Waals surface area contributed by atoms with Crippen LogP contribution >= 0.6 is 0 Å².